The molecule has 0 aliphatic carbocycles. The second kappa shape index (κ2) is 12.3. The Hall–Kier alpha value is -3.98. The molecule has 0 spiro atoms. The highest BCUT2D eigenvalue weighted by molar-refractivity contribution is 7.89. The molecule has 4 aromatic rings. The van der Waals surface area contributed by atoms with Gasteiger partial charge in [0.25, 0.3) is 0 Å². The Morgan fingerprint density at radius 3 is 2.21 bits per heavy atom. The molecule has 7 nitrogen and oxygen atoms in total. The number of anilines is 1. The Morgan fingerprint density at radius 2 is 1.56 bits per heavy atom. The van der Waals surface area contributed by atoms with E-state index in [1.165, 1.54) is 31.4 Å². The number of hydrogen-bond donors (Lipinski definition) is 2. The van der Waals surface area contributed by atoms with Gasteiger partial charge < -0.3 is 10.1 Å². The number of carbonyl (C=O) groups is 2. The molecule has 4 aromatic carbocycles. The second-order valence-electron chi connectivity index (χ2n) is 8.87. The van der Waals surface area contributed by atoms with Crippen molar-refractivity contribution in [2.24, 2.45) is 0 Å². The fourth-order valence-electron chi connectivity index (χ4n) is 4.09. The van der Waals surface area contributed by atoms with E-state index in [4.69, 9.17) is 16.3 Å². The quantitative estimate of drug-likeness (QED) is 0.251. The SMILES string of the molecule is COc1ccc(S(=O)(=O)N[C@H](Cc2ccccc2)C(=O)Nc2ccc(Cl)cc2C(=O)c2ccccc2)cc1C. The summed E-state index contributed by atoms with van der Waals surface area (Å²) in [6, 6.07) is 25.5. The number of carbonyl (C=O) groups excluding carboxylic acids is 2. The van der Waals surface area contributed by atoms with E-state index in [0.717, 1.165) is 5.56 Å². The van der Waals surface area contributed by atoms with E-state index >= 15 is 0 Å². The molecule has 0 saturated carbocycles. The number of sulfonamides is 1. The number of methoxy groups -OCH3 is 1. The van der Waals surface area contributed by atoms with Crippen LogP contribution in [0.5, 0.6) is 5.75 Å². The van der Waals surface area contributed by atoms with Crippen LogP contribution in [0.4, 0.5) is 5.69 Å². The van der Waals surface area contributed by atoms with Crippen LogP contribution in [0.25, 0.3) is 0 Å². The van der Waals surface area contributed by atoms with E-state index in [2.05, 4.69) is 10.0 Å². The number of halogens is 1. The first-order valence-corrected chi connectivity index (χ1v) is 13.9. The number of aryl methyl sites for hydroxylation is 1. The van der Waals surface area contributed by atoms with Crippen molar-refractivity contribution in [3.63, 3.8) is 0 Å². The molecule has 39 heavy (non-hydrogen) atoms. The molecule has 200 valence electrons. The smallest absolute Gasteiger partial charge is 0.242 e. The van der Waals surface area contributed by atoms with Gasteiger partial charge in [0.15, 0.2) is 5.78 Å². The van der Waals surface area contributed by atoms with Gasteiger partial charge in [0, 0.05) is 16.1 Å². The van der Waals surface area contributed by atoms with Gasteiger partial charge in [0.1, 0.15) is 11.8 Å². The molecule has 0 saturated heterocycles. The molecule has 4 rings (SSSR count). The Bertz CT molecular complexity index is 1590. The zero-order chi connectivity index (χ0) is 28.0. The highest BCUT2D eigenvalue weighted by Crippen LogP contribution is 2.25. The number of rotatable bonds is 10. The summed E-state index contributed by atoms with van der Waals surface area (Å²) in [5, 5.41) is 3.07. The molecular weight excluding hydrogens is 536 g/mol. The molecule has 2 N–H and O–H groups in total. The topological polar surface area (TPSA) is 102 Å². The lowest BCUT2D eigenvalue weighted by Gasteiger charge is -2.20. The van der Waals surface area contributed by atoms with Crippen molar-refractivity contribution >= 4 is 39.0 Å². The highest BCUT2D eigenvalue weighted by atomic mass is 35.5. The highest BCUT2D eigenvalue weighted by Gasteiger charge is 2.28. The van der Waals surface area contributed by atoms with E-state index in [1.807, 2.05) is 18.2 Å². The van der Waals surface area contributed by atoms with E-state index in [-0.39, 0.29) is 28.4 Å². The van der Waals surface area contributed by atoms with Crippen molar-refractivity contribution in [1.29, 1.82) is 0 Å². The molecule has 0 aliphatic rings. The van der Waals surface area contributed by atoms with Crippen LogP contribution in [0, 0.1) is 6.92 Å². The first kappa shape index (κ1) is 28.0. The minimum atomic E-state index is -4.09. The van der Waals surface area contributed by atoms with Gasteiger partial charge in [0.05, 0.1) is 17.7 Å². The van der Waals surface area contributed by atoms with Crippen molar-refractivity contribution < 1.29 is 22.7 Å². The lowest BCUT2D eigenvalue weighted by atomic mass is 10.0. The lowest BCUT2D eigenvalue weighted by molar-refractivity contribution is -0.117. The molecule has 0 unspecified atom stereocenters. The molecule has 0 aliphatic heterocycles. The molecule has 1 amide bonds. The number of amides is 1. The summed E-state index contributed by atoms with van der Waals surface area (Å²) in [6.45, 7) is 1.73. The third kappa shape index (κ3) is 6.92. The summed E-state index contributed by atoms with van der Waals surface area (Å²) in [7, 11) is -2.59. The second-order valence-corrected chi connectivity index (χ2v) is 11.0. The molecule has 0 heterocycles. The van der Waals surface area contributed by atoms with Crippen LogP contribution in [0.1, 0.15) is 27.0 Å². The Kier molecular flexibility index (Phi) is 8.81. The summed E-state index contributed by atoms with van der Waals surface area (Å²) >= 11 is 6.18. The van der Waals surface area contributed by atoms with Crippen molar-refractivity contribution in [1.82, 2.24) is 4.72 Å². The van der Waals surface area contributed by atoms with E-state index in [9.17, 15) is 18.0 Å². The lowest BCUT2D eigenvalue weighted by Crippen LogP contribution is -2.45. The van der Waals surface area contributed by atoms with Crippen molar-refractivity contribution in [2.45, 2.75) is 24.3 Å². The normalized spacial score (nSPS) is 12.0. The molecule has 9 heteroatoms. The summed E-state index contributed by atoms with van der Waals surface area (Å²) in [5.41, 5.74) is 2.22. The minimum Gasteiger partial charge on any atom is -0.496 e. The van der Waals surface area contributed by atoms with Gasteiger partial charge in [-0.05, 0) is 60.9 Å². The first-order chi connectivity index (χ1) is 18.7. The summed E-state index contributed by atoms with van der Waals surface area (Å²) in [4.78, 5) is 26.8. The van der Waals surface area contributed by atoms with Gasteiger partial charge in [-0.1, -0.05) is 72.3 Å². The molecule has 1 atom stereocenters. The van der Waals surface area contributed by atoms with Gasteiger partial charge >= 0.3 is 0 Å². The fraction of sp³-hybridized carbons (Fsp3) is 0.133. The molecule has 0 bridgehead atoms. The zero-order valence-electron chi connectivity index (χ0n) is 21.3. The minimum absolute atomic E-state index is 0.00176. The van der Waals surface area contributed by atoms with E-state index < -0.39 is 22.0 Å². The van der Waals surface area contributed by atoms with Crippen LogP contribution in [0.3, 0.4) is 0 Å². The molecular formula is C30H27ClN2O5S. The Balaban J connectivity index is 1.66. The maximum absolute atomic E-state index is 13.6. The van der Waals surface area contributed by atoms with Crippen LogP contribution in [0.15, 0.2) is 102 Å². The zero-order valence-corrected chi connectivity index (χ0v) is 22.9. The van der Waals surface area contributed by atoms with Crippen LogP contribution in [-0.2, 0) is 21.2 Å². The van der Waals surface area contributed by atoms with Crippen LogP contribution < -0.4 is 14.8 Å². The molecule has 0 aromatic heterocycles. The maximum atomic E-state index is 13.6. The van der Waals surface area contributed by atoms with E-state index in [1.54, 1.807) is 61.5 Å². The van der Waals surface area contributed by atoms with Gasteiger partial charge in [-0.15, -0.1) is 0 Å². The molecule has 0 fully saturated rings. The van der Waals surface area contributed by atoms with Gasteiger partial charge in [-0.3, -0.25) is 9.59 Å². The number of nitrogens with one attached hydrogen (secondary N) is 2. The number of ether oxygens (including phenoxy) is 1. The standard InChI is InChI=1S/C30H27ClN2O5S/c1-20-17-24(14-16-28(20)38-2)39(36,37)33-27(18-21-9-5-3-6-10-21)30(35)32-26-15-13-23(31)19-25(26)29(34)22-11-7-4-8-12-22/h3-17,19,27,33H,18H2,1-2H3,(H,32,35)/t27-/m1/s1. The number of benzene rings is 4. The number of hydrogen-bond acceptors (Lipinski definition) is 5. The third-order valence-corrected chi connectivity index (χ3v) is 7.80. The largest absolute Gasteiger partial charge is 0.496 e. The summed E-state index contributed by atoms with van der Waals surface area (Å²) in [5.74, 6) is -0.412. The number of ketones is 1. The monoisotopic (exact) mass is 562 g/mol. The van der Waals surface area contributed by atoms with Crippen molar-refractivity contribution in [3.8, 4) is 5.75 Å². The van der Waals surface area contributed by atoms with E-state index in [0.29, 0.717) is 21.9 Å². The Labute approximate surface area is 232 Å². The predicted octanol–water partition coefficient (Wildman–Crippen LogP) is 5.42. The maximum Gasteiger partial charge on any atom is 0.242 e. The summed E-state index contributed by atoms with van der Waals surface area (Å²) < 4.78 is 34.5. The van der Waals surface area contributed by atoms with Crippen LogP contribution in [0.2, 0.25) is 5.02 Å². The van der Waals surface area contributed by atoms with Crippen molar-refractivity contribution in [3.05, 3.63) is 124 Å². The summed E-state index contributed by atoms with van der Waals surface area (Å²) in [6.07, 6.45) is 0.0800. The predicted molar refractivity (Wildman–Crippen MR) is 152 cm³/mol. The average molecular weight is 563 g/mol. The third-order valence-electron chi connectivity index (χ3n) is 6.09. The Morgan fingerprint density at radius 1 is 0.897 bits per heavy atom. The fourth-order valence-corrected chi connectivity index (χ4v) is 5.54. The average Bonchev–Trinajstić information content (AvgIpc) is 2.94. The molecule has 0 radical (unpaired) electrons. The van der Waals surface area contributed by atoms with Crippen LogP contribution >= 0.6 is 11.6 Å². The van der Waals surface area contributed by atoms with Gasteiger partial charge in [-0.2, -0.15) is 4.72 Å². The van der Waals surface area contributed by atoms with Crippen LogP contribution in [-0.4, -0.2) is 33.3 Å². The van der Waals surface area contributed by atoms with Crippen molar-refractivity contribution in [2.75, 3.05) is 12.4 Å². The van der Waals surface area contributed by atoms with Gasteiger partial charge in [0.2, 0.25) is 15.9 Å². The van der Waals surface area contributed by atoms with Gasteiger partial charge in [-0.25, -0.2) is 8.42 Å². The first-order valence-electron chi connectivity index (χ1n) is 12.1.